The van der Waals surface area contributed by atoms with Crippen molar-refractivity contribution >= 4 is 17.9 Å². The van der Waals surface area contributed by atoms with Crippen molar-refractivity contribution in [2.45, 2.75) is 206 Å². The van der Waals surface area contributed by atoms with Gasteiger partial charge in [0, 0.05) is 19.3 Å². The molecule has 8 nitrogen and oxygen atoms in total. The highest BCUT2D eigenvalue weighted by atomic mass is 16.6. The lowest BCUT2D eigenvalue weighted by Gasteiger charge is -2.34. The van der Waals surface area contributed by atoms with Crippen LogP contribution in [0.2, 0.25) is 0 Å². The topological polar surface area (TPSA) is 102 Å². The maximum absolute atomic E-state index is 12.7. The summed E-state index contributed by atoms with van der Waals surface area (Å²) in [5.41, 5.74) is 0. The van der Waals surface area contributed by atoms with E-state index in [0.29, 0.717) is 12.8 Å². The Balaban J connectivity index is 4.30. The zero-order chi connectivity index (χ0) is 37.8. The second kappa shape index (κ2) is 35.1. The van der Waals surface area contributed by atoms with E-state index in [-0.39, 0.29) is 42.7 Å². The third kappa shape index (κ3) is 33.6. The molecular formula is C43H81NO7. The Morgan fingerprint density at radius 3 is 1.47 bits per heavy atom. The van der Waals surface area contributed by atoms with Crippen LogP contribution >= 0.6 is 0 Å². The number of carboxylic acid groups (broad SMARTS) is 1. The highest BCUT2D eigenvalue weighted by Gasteiger charge is 2.25. The van der Waals surface area contributed by atoms with Crippen molar-refractivity contribution < 1.29 is 38.2 Å². The van der Waals surface area contributed by atoms with Crippen molar-refractivity contribution in [3.63, 3.8) is 0 Å². The van der Waals surface area contributed by atoms with Gasteiger partial charge in [0.25, 0.3) is 0 Å². The summed E-state index contributed by atoms with van der Waals surface area (Å²) in [6.45, 7) is 4.62. The van der Waals surface area contributed by atoms with E-state index in [1.54, 1.807) is 21.1 Å². The molecule has 0 spiro atoms. The maximum atomic E-state index is 12.7. The number of nitrogens with zero attached hydrogens (tertiary/aromatic N) is 1. The summed E-state index contributed by atoms with van der Waals surface area (Å²) in [7, 11) is 5.40. The largest absolute Gasteiger partial charge is 0.544 e. The zero-order valence-corrected chi connectivity index (χ0v) is 34.0. The van der Waals surface area contributed by atoms with Crippen molar-refractivity contribution in [1.29, 1.82) is 0 Å². The first-order valence-electron chi connectivity index (χ1n) is 21.2. The Morgan fingerprint density at radius 1 is 0.569 bits per heavy atom. The van der Waals surface area contributed by atoms with Gasteiger partial charge in [-0.2, -0.15) is 0 Å². The lowest BCUT2D eigenvalue weighted by molar-refractivity contribution is -0.889. The number of ether oxygens (including phenoxy) is 3. The predicted octanol–water partition coefficient (Wildman–Crippen LogP) is 9.80. The van der Waals surface area contributed by atoms with Gasteiger partial charge in [0.1, 0.15) is 12.6 Å². The first-order valence-corrected chi connectivity index (χ1v) is 21.2. The van der Waals surface area contributed by atoms with Crippen LogP contribution in [0.1, 0.15) is 194 Å². The molecule has 0 bridgehead atoms. The van der Waals surface area contributed by atoms with Gasteiger partial charge in [0.2, 0.25) is 0 Å². The van der Waals surface area contributed by atoms with Gasteiger partial charge >= 0.3 is 11.9 Å². The maximum Gasteiger partial charge on any atom is 0.306 e. The molecule has 0 saturated heterocycles. The predicted molar refractivity (Wildman–Crippen MR) is 208 cm³/mol. The van der Waals surface area contributed by atoms with Crippen LogP contribution in [0.3, 0.4) is 0 Å². The molecule has 0 aliphatic heterocycles. The van der Waals surface area contributed by atoms with E-state index in [4.69, 9.17) is 14.2 Å². The fourth-order valence-electron chi connectivity index (χ4n) is 6.29. The number of allylic oxidation sites excluding steroid dienone is 2. The molecule has 0 aliphatic carbocycles. The number of hydrogen-bond donors (Lipinski definition) is 0. The Bertz CT molecular complexity index is 854. The van der Waals surface area contributed by atoms with Gasteiger partial charge in [0.15, 0.2) is 6.10 Å². The summed E-state index contributed by atoms with van der Waals surface area (Å²) < 4.78 is 17.1. The first-order chi connectivity index (χ1) is 24.6. The van der Waals surface area contributed by atoms with E-state index < -0.39 is 18.1 Å². The molecule has 0 amide bonds. The van der Waals surface area contributed by atoms with E-state index in [1.807, 2.05) is 0 Å². The van der Waals surface area contributed by atoms with Crippen molar-refractivity contribution in [2.75, 3.05) is 41.0 Å². The molecule has 0 aliphatic rings. The number of carbonyl (C=O) groups is 3. The monoisotopic (exact) mass is 724 g/mol. The first kappa shape index (κ1) is 49.1. The Kier molecular flexibility index (Phi) is 33.8. The second-order valence-electron chi connectivity index (χ2n) is 15.6. The molecule has 0 aromatic heterocycles. The van der Waals surface area contributed by atoms with Crippen LogP contribution in [-0.4, -0.2) is 75.5 Å². The van der Waals surface area contributed by atoms with Crippen LogP contribution < -0.4 is 5.11 Å². The summed E-state index contributed by atoms with van der Waals surface area (Å²) in [4.78, 5) is 36.7. The quantitative estimate of drug-likeness (QED) is 0.0271. The fourth-order valence-corrected chi connectivity index (χ4v) is 6.29. The van der Waals surface area contributed by atoms with E-state index in [0.717, 1.165) is 57.8 Å². The van der Waals surface area contributed by atoms with E-state index in [9.17, 15) is 19.5 Å². The Hall–Kier alpha value is -1.93. The van der Waals surface area contributed by atoms with Crippen molar-refractivity contribution in [2.24, 2.45) is 0 Å². The van der Waals surface area contributed by atoms with Gasteiger partial charge in [-0.1, -0.05) is 154 Å². The van der Waals surface area contributed by atoms with E-state index in [1.165, 1.54) is 103 Å². The molecule has 0 rings (SSSR count). The van der Waals surface area contributed by atoms with Crippen LogP contribution in [0, 0.1) is 0 Å². The molecule has 8 heteroatoms. The number of hydrogen-bond acceptors (Lipinski definition) is 7. The van der Waals surface area contributed by atoms with E-state index in [2.05, 4.69) is 26.0 Å². The minimum absolute atomic E-state index is 0.0424. The number of aliphatic carboxylic acids is 1. The lowest BCUT2D eigenvalue weighted by Crippen LogP contribution is -2.55. The van der Waals surface area contributed by atoms with Gasteiger partial charge in [-0.05, 0) is 32.1 Å². The molecule has 0 saturated carbocycles. The van der Waals surface area contributed by atoms with Crippen LogP contribution in [0.5, 0.6) is 0 Å². The molecule has 300 valence electrons. The van der Waals surface area contributed by atoms with Gasteiger partial charge in [-0.25, -0.2) is 0 Å². The van der Waals surface area contributed by atoms with Crippen LogP contribution in [0.15, 0.2) is 12.2 Å². The van der Waals surface area contributed by atoms with Crippen molar-refractivity contribution in [3.05, 3.63) is 12.2 Å². The molecular weight excluding hydrogens is 642 g/mol. The number of rotatable bonds is 38. The molecule has 2 atom stereocenters. The average molecular weight is 724 g/mol. The number of esters is 2. The minimum atomic E-state index is -1.12. The van der Waals surface area contributed by atoms with Crippen LogP contribution in [0.25, 0.3) is 0 Å². The van der Waals surface area contributed by atoms with Gasteiger partial charge < -0.3 is 28.6 Å². The lowest BCUT2D eigenvalue weighted by atomic mass is 10.0. The molecule has 51 heavy (non-hydrogen) atoms. The van der Waals surface area contributed by atoms with Crippen LogP contribution in [-0.2, 0) is 28.6 Å². The molecule has 0 heterocycles. The number of quaternary nitrogens is 1. The number of carbonyl (C=O) groups excluding carboxylic acids is 3. The zero-order valence-electron chi connectivity index (χ0n) is 34.0. The van der Waals surface area contributed by atoms with Crippen LogP contribution in [0.4, 0.5) is 0 Å². The van der Waals surface area contributed by atoms with Crippen molar-refractivity contribution in [1.82, 2.24) is 0 Å². The number of likely N-dealkylation sites (N-methyl/N-ethyl adjacent to an activating group) is 1. The summed E-state index contributed by atoms with van der Waals surface area (Å²) in [6.07, 6.45) is 35.2. The smallest absolute Gasteiger partial charge is 0.306 e. The number of carboxylic acids is 1. The summed E-state index contributed by atoms with van der Waals surface area (Å²) in [5, 5.41) is 11.6. The van der Waals surface area contributed by atoms with Crippen molar-refractivity contribution in [3.8, 4) is 0 Å². The Labute approximate surface area is 314 Å². The summed E-state index contributed by atoms with van der Waals surface area (Å²) in [6, 6.07) is -0.722. The molecule has 0 fully saturated rings. The molecule has 0 radical (unpaired) electrons. The average Bonchev–Trinajstić information content (AvgIpc) is 3.08. The highest BCUT2D eigenvalue weighted by molar-refractivity contribution is 5.70. The molecule has 0 N–H and O–H groups in total. The number of unbranched alkanes of at least 4 members (excludes halogenated alkanes) is 22. The van der Waals surface area contributed by atoms with E-state index >= 15 is 0 Å². The summed E-state index contributed by atoms with van der Waals surface area (Å²) >= 11 is 0. The standard InChI is InChI=1S/C43H81NO7/c1-6-8-10-12-14-16-18-19-20-21-22-23-24-26-28-30-32-34-42(46)51-39(37-49-36-35-40(43(47)48)44(3,4)5)38-50-41(45)33-31-29-27-25-17-15-13-11-9-7-2/h13,15,39-40H,6-12,14,16-38H2,1-5H3/b15-13+. The summed E-state index contributed by atoms with van der Waals surface area (Å²) in [5.74, 6) is -1.74. The third-order valence-electron chi connectivity index (χ3n) is 9.65. The minimum Gasteiger partial charge on any atom is -0.544 e. The normalized spacial score (nSPS) is 13.0. The fraction of sp³-hybridized carbons (Fsp3) is 0.884. The van der Waals surface area contributed by atoms with Gasteiger partial charge in [-0.15, -0.1) is 0 Å². The molecule has 2 unspecified atom stereocenters. The molecule has 0 aromatic rings. The molecule has 0 aromatic carbocycles. The Morgan fingerprint density at radius 2 is 1.00 bits per heavy atom. The SMILES string of the molecule is CCCC/C=C/CCCCCCC(=O)OCC(COCCC(C(=O)[O-])[N+](C)(C)C)OC(=O)CCCCCCCCCCCCCCCCCCC. The van der Waals surface area contributed by atoms with Gasteiger partial charge in [-0.3, -0.25) is 9.59 Å². The second-order valence-corrected chi connectivity index (χ2v) is 15.6. The third-order valence-corrected chi connectivity index (χ3v) is 9.65. The van der Waals surface area contributed by atoms with Gasteiger partial charge in [0.05, 0.1) is 40.3 Å². The highest BCUT2D eigenvalue weighted by Crippen LogP contribution is 2.15.